The van der Waals surface area contributed by atoms with Crippen LogP contribution in [-0.2, 0) is 0 Å². The third-order valence-corrected chi connectivity index (χ3v) is 4.37. The molecule has 0 aromatic carbocycles. The zero-order valence-electron chi connectivity index (χ0n) is 8.18. The van der Waals surface area contributed by atoms with E-state index >= 15 is 0 Å². The maximum absolute atomic E-state index is 6.22. The van der Waals surface area contributed by atoms with Crippen LogP contribution in [-0.4, -0.2) is 6.04 Å². The van der Waals surface area contributed by atoms with Crippen molar-refractivity contribution in [2.75, 3.05) is 0 Å². The first-order valence-electron chi connectivity index (χ1n) is 5.49. The molecule has 3 atom stereocenters. The summed E-state index contributed by atoms with van der Waals surface area (Å²) in [6.07, 6.45) is 9.80. The number of hydrogen-bond donors (Lipinski definition) is 1. The van der Waals surface area contributed by atoms with Crippen molar-refractivity contribution in [3.05, 3.63) is 0 Å². The minimum Gasteiger partial charge on any atom is -0.327 e. The van der Waals surface area contributed by atoms with Gasteiger partial charge in [0.2, 0.25) is 0 Å². The summed E-state index contributed by atoms with van der Waals surface area (Å²) in [7, 11) is 0. The lowest BCUT2D eigenvalue weighted by Gasteiger charge is -2.49. The third kappa shape index (κ3) is 1.19. The molecule has 0 amide bonds. The average Bonchev–Trinajstić information content (AvgIpc) is 2.07. The van der Waals surface area contributed by atoms with Crippen LogP contribution in [0.2, 0.25) is 0 Å². The van der Waals surface area contributed by atoms with Gasteiger partial charge in [-0.2, -0.15) is 0 Å². The van der Waals surface area contributed by atoms with E-state index in [0.717, 1.165) is 5.92 Å². The molecule has 0 aromatic heterocycles. The standard InChI is InChI=1S/C11H21N/c1-11-8-3-2-5-9(11)6-4-7-10(11)12/h9-10H,2-8,12H2,1H3/t9-,10?,11-/m0/s1. The van der Waals surface area contributed by atoms with E-state index in [1.54, 1.807) is 0 Å². The van der Waals surface area contributed by atoms with Crippen molar-refractivity contribution >= 4 is 0 Å². The van der Waals surface area contributed by atoms with E-state index in [-0.39, 0.29) is 0 Å². The first kappa shape index (κ1) is 8.55. The predicted molar refractivity (Wildman–Crippen MR) is 51.9 cm³/mol. The van der Waals surface area contributed by atoms with E-state index in [2.05, 4.69) is 6.92 Å². The van der Waals surface area contributed by atoms with Crippen LogP contribution in [0, 0.1) is 11.3 Å². The first-order valence-corrected chi connectivity index (χ1v) is 5.49. The second-order valence-corrected chi connectivity index (χ2v) is 4.99. The average molecular weight is 167 g/mol. The normalized spacial score (nSPS) is 48.5. The monoisotopic (exact) mass is 167 g/mol. The Labute approximate surface area is 75.7 Å². The Morgan fingerprint density at radius 3 is 2.58 bits per heavy atom. The number of rotatable bonds is 0. The molecule has 0 aliphatic heterocycles. The zero-order chi connectivity index (χ0) is 8.60. The van der Waals surface area contributed by atoms with Crippen molar-refractivity contribution in [3.63, 3.8) is 0 Å². The number of fused-ring (bicyclic) bond motifs is 1. The largest absolute Gasteiger partial charge is 0.327 e. The molecule has 1 nitrogen and oxygen atoms in total. The highest BCUT2D eigenvalue weighted by atomic mass is 14.7. The fourth-order valence-electron chi connectivity index (χ4n) is 3.31. The van der Waals surface area contributed by atoms with Crippen LogP contribution in [0.5, 0.6) is 0 Å². The van der Waals surface area contributed by atoms with Crippen molar-refractivity contribution in [2.45, 2.75) is 57.9 Å². The number of nitrogens with two attached hydrogens (primary N) is 1. The molecule has 0 radical (unpaired) electrons. The van der Waals surface area contributed by atoms with Gasteiger partial charge in [-0.15, -0.1) is 0 Å². The highest BCUT2D eigenvalue weighted by Crippen LogP contribution is 2.49. The van der Waals surface area contributed by atoms with E-state index in [0.29, 0.717) is 11.5 Å². The molecule has 70 valence electrons. The molecule has 2 aliphatic rings. The van der Waals surface area contributed by atoms with Crippen LogP contribution >= 0.6 is 0 Å². The smallest absolute Gasteiger partial charge is 0.00955 e. The van der Waals surface area contributed by atoms with Gasteiger partial charge in [0.1, 0.15) is 0 Å². The Morgan fingerprint density at radius 2 is 1.83 bits per heavy atom. The maximum atomic E-state index is 6.22. The topological polar surface area (TPSA) is 26.0 Å². The van der Waals surface area contributed by atoms with Crippen LogP contribution in [0.4, 0.5) is 0 Å². The Morgan fingerprint density at radius 1 is 1.08 bits per heavy atom. The van der Waals surface area contributed by atoms with Crippen LogP contribution in [0.15, 0.2) is 0 Å². The molecule has 0 aromatic rings. The molecule has 2 saturated carbocycles. The van der Waals surface area contributed by atoms with Crippen molar-refractivity contribution in [2.24, 2.45) is 17.1 Å². The van der Waals surface area contributed by atoms with Gasteiger partial charge in [-0.3, -0.25) is 0 Å². The summed E-state index contributed by atoms with van der Waals surface area (Å²) in [5.41, 5.74) is 6.73. The van der Waals surface area contributed by atoms with Crippen molar-refractivity contribution < 1.29 is 0 Å². The Bertz CT molecular complexity index is 164. The zero-order valence-corrected chi connectivity index (χ0v) is 8.18. The summed E-state index contributed by atoms with van der Waals surface area (Å²) in [5, 5.41) is 0. The fourth-order valence-corrected chi connectivity index (χ4v) is 3.31. The van der Waals surface area contributed by atoms with E-state index in [4.69, 9.17) is 5.73 Å². The summed E-state index contributed by atoms with van der Waals surface area (Å²) in [6.45, 7) is 2.43. The number of hydrogen-bond acceptors (Lipinski definition) is 1. The molecule has 2 N–H and O–H groups in total. The van der Waals surface area contributed by atoms with Gasteiger partial charge in [0.15, 0.2) is 0 Å². The summed E-state index contributed by atoms with van der Waals surface area (Å²) in [4.78, 5) is 0. The van der Waals surface area contributed by atoms with Gasteiger partial charge < -0.3 is 5.73 Å². The molecule has 2 aliphatic carbocycles. The summed E-state index contributed by atoms with van der Waals surface area (Å²) < 4.78 is 0. The molecule has 12 heavy (non-hydrogen) atoms. The van der Waals surface area contributed by atoms with Gasteiger partial charge in [-0.05, 0) is 37.0 Å². The SMILES string of the molecule is C[C@]12CCCC[C@H]1CCCC2N. The minimum atomic E-state index is 0.497. The molecule has 2 fully saturated rings. The predicted octanol–water partition coefficient (Wildman–Crippen LogP) is 2.69. The Kier molecular flexibility index (Phi) is 2.16. The third-order valence-electron chi connectivity index (χ3n) is 4.37. The summed E-state index contributed by atoms with van der Waals surface area (Å²) in [6, 6.07) is 0.497. The fraction of sp³-hybridized carbons (Fsp3) is 1.00. The highest BCUT2D eigenvalue weighted by molar-refractivity contribution is 4.96. The van der Waals surface area contributed by atoms with Gasteiger partial charge >= 0.3 is 0 Å². The second kappa shape index (κ2) is 3.02. The molecule has 0 heterocycles. The van der Waals surface area contributed by atoms with E-state index in [1.807, 2.05) is 0 Å². The summed E-state index contributed by atoms with van der Waals surface area (Å²) in [5.74, 6) is 0.954. The molecule has 2 rings (SSSR count). The molecule has 0 bridgehead atoms. The van der Waals surface area contributed by atoms with E-state index in [9.17, 15) is 0 Å². The van der Waals surface area contributed by atoms with Crippen molar-refractivity contribution in [1.29, 1.82) is 0 Å². The lowest BCUT2D eigenvalue weighted by atomic mass is 9.58. The molecular formula is C11H21N. The Hall–Kier alpha value is -0.0400. The van der Waals surface area contributed by atoms with Crippen LogP contribution < -0.4 is 5.73 Å². The van der Waals surface area contributed by atoms with Gasteiger partial charge in [-0.25, -0.2) is 0 Å². The van der Waals surface area contributed by atoms with Gasteiger partial charge in [-0.1, -0.05) is 26.2 Å². The quantitative estimate of drug-likeness (QED) is 0.590. The van der Waals surface area contributed by atoms with Crippen LogP contribution in [0.1, 0.15) is 51.9 Å². The minimum absolute atomic E-state index is 0.497. The van der Waals surface area contributed by atoms with E-state index < -0.39 is 0 Å². The molecule has 1 heteroatoms. The molecule has 0 saturated heterocycles. The van der Waals surface area contributed by atoms with E-state index in [1.165, 1.54) is 44.9 Å². The lowest BCUT2D eigenvalue weighted by molar-refractivity contribution is 0.0423. The van der Waals surface area contributed by atoms with Gasteiger partial charge in [0.25, 0.3) is 0 Å². The maximum Gasteiger partial charge on any atom is 0.00955 e. The van der Waals surface area contributed by atoms with Gasteiger partial charge in [0, 0.05) is 6.04 Å². The lowest BCUT2D eigenvalue weighted by Crippen LogP contribution is -2.49. The van der Waals surface area contributed by atoms with Crippen molar-refractivity contribution in [3.8, 4) is 0 Å². The molecule has 1 unspecified atom stereocenters. The molecular weight excluding hydrogens is 146 g/mol. The van der Waals surface area contributed by atoms with Crippen LogP contribution in [0.3, 0.4) is 0 Å². The van der Waals surface area contributed by atoms with Crippen molar-refractivity contribution in [1.82, 2.24) is 0 Å². The Balaban J connectivity index is 2.14. The highest BCUT2D eigenvalue weighted by Gasteiger charge is 2.42. The van der Waals surface area contributed by atoms with Gasteiger partial charge in [0.05, 0.1) is 0 Å². The summed E-state index contributed by atoms with van der Waals surface area (Å²) >= 11 is 0. The van der Waals surface area contributed by atoms with Crippen LogP contribution in [0.25, 0.3) is 0 Å². The first-order chi connectivity index (χ1) is 5.73. The molecule has 0 spiro atoms. The second-order valence-electron chi connectivity index (χ2n) is 4.99.